The van der Waals surface area contributed by atoms with Gasteiger partial charge in [-0.05, 0) is 30.6 Å². The zero-order chi connectivity index (χ0) is 12.4. The van der Waals surface area contributed by atoms with Crippen molar-refractivity contribution < 1.29 is 5.11 Å². The van der Waals surface area contributed by atoms with Crippen LogP contribution >= 0.6 is 0 Å². The van der Waals surface area contributed by atoms with Gasteiger partial charge in [-0.1, -0.05) is 40.5 Å². The normalized spacial score (nSPS) is 33.1. The van der Waals surface area contributed by atoms with Crippen molar-refractivity contribution in [2.75, 3.05) is 0 Å². The van der Waals surface area contributed by atoms with E-state index in [4.69, 9.17) is 0 Å². The first-order valence-corrected chi connectivity index (χ1v) is 6.48. The van der Waals surface area contributed by atoms with Crippen LogP contribution in [0.15, 0.2) is 0 Å². The lowest BCUT2D eigenvalue weighted by Crippen LogP contribution is -2.51. The van der Waals surface area contributed by atoms with E-state index in [9.17, 15) is 10.4 Å². The Morgan fingerprint density at radius 2 is 2.06 bits per heavy atom. The minimum atomic E-state index is -0.764. The summed E-state index contributed by atoms with van der Waals surface area (Å²) in [6, 6.07) is 2.31. The molecule has 0 aromatic rings. The van der Waals surface area contributed by atoms with Crippen LogP contribution in [0, 0.1) is 28.6 Å². The Morgan fingerprint density at radius 3 is 2.50 bits per heavy atom. The summed E-state index contributed by atoms with van der Waals surface area (Å²) in [5.41, 5.74) is -0.681. The van der Waals surface area contributed by atoms with Crippen LogP contribution in [0.5, 0.6) is 0 Å². The first-order valence-electron chi connectivity index (χ1n) is 6.48. The van der Waals surface area contributed by atoms with Gasteiger partial charge in [0.1, 0.15) is 0 Å². The van der Waals surface area contributed by atoms with Gasteiger partial charge in [0.15, 0.2) is 0 Å². The third-order valence-corrected chi connectivity index (χ3v) is 4.14. The molecule has 92 valence electrons. The van der Waals surface area contributed by atoms with Crippen LogP contribution in [0.4, 0.5) is 0 Å². The summed E-state index contributed by atoms with van der Waals surface area (Å²) < 4.78 is 0. The van der Waals surface area contributed by atoms with Gasteiger partial charge in [-0.3, -0.25) is 0 Å². The van der Waals surface area contributed by atoms with E-state index in [1.165, 1.54) is 6.42 Å². The molecule has 2 heteroatoms. The standard InChI is InChI=1S/C14H25NO/c1-5-11(10-15)14(16)9-7-6-8-12(14)13(2,3)4/h11-12,16H,5-9H2,1-4H3. The van der Waals surface area contributed by atoms with E-state index in [0.717, 1.165) is 25.7 Å². The highest BCUT2D eigenvalue weighted by atomic mass is 16.3. The molecule has 0 aromatic heterocycles. The van der Waals surface area contributed by atoms with Crippen LogP contribution < -0.4 is 0 Å². The smallest absolute Gasteiger partial charge is 0.0838 e. The van der Waals surface area contributed by atoms with Crippen molar-refractivity contribution in [1.29, 1.82) is 5.26 Å². The first kappa shape index (κ1) is 13.5. The minimum absolute atomic E-state index is 0.0828. The Labute approximate surface area is 99.7 Å². The molecule has 0 aromatic carbocycles. The van der Waals surface area contributed by atoms with Crippen molar-refractivity contribution in [3.63, 3.8) is 0 Å². The summed E-state index contributed by atoms with van der Waals surface area (Å²) in [5.74, 6) is 0.0374. The SMILES string of the molecule is CCC(C#N)C1(O)CCCCC1C(C)(C)C. The highest BCUT2D eigenvalue weighted by molar-refractivity contribution is 5.05. The molecule has 1 N–H and O–H groups in total. The van der Waals surface area contributed by atoms with Crippen molar-refractivity contribution in [2.45, 2.75) is 65.4 Å². The summed E-state index contributed by atoms with van der Waals surface area (Å²) in [4.78, 5) is 0. The van der Waals surface area contributed by atoms with Crippen LogP contribution in [-0.4, -0.2) is 10.7 Å². The maximum Gasteiger partial charge on any atom is 0.0838 e. The summed E-state index contributed by atoms with van der Waals surface area (Å²) in [5, 5.41) is 20.1. The Kier molecular flexibility index (Phi) is 4.02. The van der Waals surface area contributed by atoms with Crippen molar-refractivity contribution in [3.05, 3.63) is 0 Å². The number of hydrogen-bond acceptors (Lipinski definition) is 2. The zero-order valence-electron chi connectivity index (χ0n) is 11.1. The fourth-order valence-electron chi connectivity index (χ4n) is 3.34. The molecule has 0 bridgehead atoms. The monoisotopic (exact) mass is 223 g/mol. The largest absolute Gasteiger partial charge is 0.388 e. The molecule has 2 nitrogen and oxygen atoms in total. The molecule has 3 atom stereocenters. The van der Waals surface area contributed by atoms with Gasteiger partial charge in [0.2, 0.25) is 0 Å². The predicted molar refractivity (Wildman–Crippen MR) is 65.8 cm³/mol. The maximum absolute atomic E-state index is 10.9. The third-order valence-electron chi connectivity index (χ3n) is 4.14. The number of hydrogen-bond donors (Lipinski definition) is 1. The fourth-order valence-corrected chi connectivity index (χ4v) is 3.34. The molecular weight excluding hydrogens is 198 g/mol. The highest BCUT2D eigenvalue weighted by Gasteiger charge is 2.49. The average molecular weight is 223 g/mol. The summed E-state index contributed by atoms with van der Waals surface area (Å²) in [6.07, 6.45) is 4.84. The van der Waals surface area contributed by atoms with Gasteiger partial charge in [0.25, 0.3) is 0 Å². The Hall–Kier alpha value is -0.550. The van der Waals surface area contributed by atoms with Crippen LogP contribution in [-0.2, 0) is 0 Å². The lowest BCUT2D eigenvalue weighted by Gasteiger charge is -2.48. The van der Waals surface area contributed by atoms with Gasteiger partial charge in [-0.15, -0.1) is 0 Å². The number of nitriles is 1. The molecule has 0 amide bonds. The molecule has 0 saturated heterocycles. The summed E-state index contributed by atoms with van der Waals surface area (Å²) in [7, 11) is 0. The van der Waals surface area contributed by atoms with Gasteiger partial charge in [0.05, 0.1) is 17.6 Å². The van der Waals surface area contributed by atoms with E-state index in [1.807, 2.05) is 6.92 Å². The molecule has 0 heterocycles. The Bertz CT molecular complexity index is 273. The molecule has 1 rings (SSSR count). The second-order valence-corrected chi connectivity index (χ2v) is 6.25. The van der Waals surface area contributed by atoms with Crippen LogP contribution in [0.1, 0.15) is 59.8 Å². The minimum Gasteiger partial charge on any atom is -0.388 e. The molecular formula is C14H25NO. The molecule has 1 saturated carbocycles. The summed E-state index contributed by atoms with van der Waals surface area (Å²) >= 11 is 0. The molecule has 1 aliphatic carbocycles. The summed E-state index contributed by atoms with van der Waals surface area (Å²) in [6.45, 7) is 8.54. The highest BCUT2D eigenvalue weighted by Crippen LogP contribution is 2.48. The molecule has 1 fully saturated rings. The number of rotatable bonds is 2. The van der Waals surface area contributed by atoms with E-state index >= 15 is 0 Å². The van der Waals surface area contributed by atoms with E-state index in [2.05, 4.69) is 26.8 Å². The lowest BCUT2D eigenvalue weighted by molar-refractivity contribution is -0.116. The van der Waals surface area contributed by atoms with Gasteiger partial charge < -0.3 is 5.11 Å². The predicted octanol–water partition coefficient (Wildman–Crippen LogP) is 3.50. The zero-order valence-corrected chi connectivity index (χ0v) is 11.1. The average Bonchev–Trinajstić information content (AvgIpc) is 2.18. The van der Waals surface area contributed by atoms with Crippen LogP contribution in [0.2, 0.25) is 0 Å². The van der Waals surface area contributed by atoms with Gasteiger partial charge in [-0.25, -0.2) is 0 Å². The third kappa shape index (κ3) is 2.40. The molecule has 0 radical (unpaired) electrons. The number of aliphatic hydroxyl groups is 1. The first-order chi connectivity index (χ1) is 7.36. The fraction of sp³-hybridized carbons (Fsp3) is 0.929. The Balaban J connectivity index is 3.01. The van der Waals surface area contributed by atoms with E-state index in [0.29, 0.717) is 0 Å². The van der Waals surface area contributed by atoms with E-state index in [1.54, 1.807) is 0 Å². The van der Waals surface area contributed by atoms with Crippen molar-refractivity contribution in [2.24, 2.45) is 17.3 Å². The quantitative estimate of drug-likeness (QED) is 0.778. The maximum atomic E-state index is 10.9. The van der Waals surface area contributed by atoms with Crippen LogP contribution in [0.25, 0.3) is 0 Å². The lowest BCUT2D eigenvalue weighted by atomic mass is 9.59. The number of nitrogens with zero attached hydrogens (tertiary/aromatic N) is 1. The topological polar surface area (TPSA) is 44.0 Å². The van der Waals surface area contributed by atoms with Gasteiger partial charge in [0, 0.05) is 0 Å². The molecule has 1 aliphatic rings. The van der Waals surface area contributed by atoms with Crippen LogP contribution in [0.3, 0.4) is 0 Å². The second kappa shape index (κ2) is 4.75. The Morgan fingerprint density at radius 1 is 1.44 bits per heavy atom. The van der Waals surface area contributed by atoms with Crippen molar-refractivity contribution >= 4 is 0 Å². The van der Waals surface area contributed by atoms with E-state index in [-0.39, 0.29) is 17.3 Å². The van der Waals surface area contributed by atoms with Gasteiger partial charge >= 0.3 is 0 Å². The second-order valence-electron chi connectivity index (χ2n) is 6.25. The molecule has 16 heavy (non-hydrogen) atoms. The van der Waals surface area contributed by atoms with E-state index < -0.39 is 5.60 Å². The van der Waals surface area contributed by atoms with Crippen molar-refractivity contribution in [1.82, 2.24) is 0 Å². The molecule has 0 spiro atoms. The molecule has 0 aliphatic heterocycles. The van der Waals surface area contributed by atoms with Gasteiger partial charge in [-0.2, -0.15) is 5.26 Å². The van der Waals surface area contributed by atoms with Crippen molar-refractivity contribution in [3.8, 4) is 6.07 Å². The molecule has 3 unspecified atom stereocenters.